The molecule has 134 valence electrons. The Balaban J connectivity index is 1.53. The van der Waals surface area contributed by atoms with Crippen LogP contribution >= 0.6 is 0 Å². The van der Waals surface area contributed by atoms with Crippen molar-refractivity contribution in [2.75, 3.05) is 18.4 Å². The highest BCUT2D eigenvalue weighted by Gasteiger charge is 2.24. The molecule has 7 heteroatoms. The standard InChI is InChI=1S/C18H25N5O2/c1-3-14(2)25-17-6-4-5-15(11-17)21-18(24)22-9-7-16(8-10-22)23-13-19-12-20-23/h4-6,11-14,16H,3,7-10H2,1-2H3,(H,21,24). The molecule has 1 aromatic carbocycles. The summed E-state index contributed by atoms with van der Waals surface area (Å²) in [5.74, 6) is 0.775. The van der Waals surface area contributed by atoms with Crippen molar-refractivity contribution in [3.63, 3.8) is 0 Å². The minimum atomic E-state index is -0.0715. The van der Waals surface area contributed by atoms with Crippen LogP contribution in [-0.2, 0) is 0 Å². The number of piperidine rings is 1. The molecule has 0 radical (unpaired) electrons. The zero-order valence-electron chi connectivity index (χ0n) is 14.8. The van der Waals surface area contributed by atoms with Gasteiger partial charge in [-0.05, 0) is 38.3 Å². The second-order valence-electron chi connectivity index (χ2n) is 6.39. The number of urea groups is 1. The maximum atomic E-state index is 12.5. The monoisotopic (exact) mass is 343 g/mol. The topological polar surface area (TPSA) is 72.3 Å². The van der Waals surface area contributed by atoms with Crippen LogP contribution in [0.4, 0.5) is 10.5 Å². The molecule has 2 amide bonds. The molecule has 0 saturated carbocycles. The highest BCUT2D eigenvalue weighted by atomic mass is 16.5. The number of carbonyl (C=O) groups is 1. The summed E-state index contributed by atoms with van der Waals surface area (Å²) in [5, 5.41) is 7.16. The van der Waals surface area contributed by atoms with Crippen molar-refractivity contribution < 1.29 is 9.53 Å². The van der Waals surface area contributed by atoms with Crippen LogP contribution in [0.5, 0.6) is 5.75 Å². The second-order valence-corrected chi connectivity index (χ2v) is 6.39. The number of anilines is 1. The molecule has 2 heterocycles. The van der Waals surface area contributed by atoms with Gasteiger partial charge in [-0.3, -0.25) is 0 Å². The Bertz CT molecular complexity index is 681. The first kappa shape index (κ1) is 17.3. The van der Waals surface area contributed by atoms with E-state index in [2.05, 4.69) is 22.3 Å². The lowest BCUT2D eigenvalue weighted by Crippen LogP contribution is -2.41. The number of ether oxygens (including phenoxy) is 1. The van der Waals surface area contributed by atoms with E-state index in [-0.39, 0.29) is 12.1 Å². The predicted molar refractivity (Wildman–Crippen MR) is 95.7 cm³/mol. The number of hydrogen-bond donors (Lipinski definition) is 1. The SMILES string of the molecule is CCC(C)Oc1cccc(NC(=O)N2CCC(n3cncn3)CC2)c1. The molecule has 1 saturated heterocycles. The van der Waals surface area contributed by atoms with Crippen molar-refractivity contribution in [1.82, 2.24) is 19.7 Å². The third kappa shape index (κ3) is 4.49. The average molecular weight is 343 g/mol. The third-order valence-electron chi connectivity index (χ3n) is 4.56. The van der Waals surface area contributed by atoms with Crippen LogP contribution in [0.3, 0.4) is 0 Å². The van der Waals surface area contributed by atoms with Crippen molar-refractivity contribution >= 4 is 11.7 Å². The molecular formula is C18H25N5O2. The van der Waals surface area contributed by atoms with Gasteiger partial charge in [0.25, 0.3) is 0 Å². The van der Waals surface area contributed by atoms with Crippen LogP contribution in [-0.4, -0.2) is 44.9 Å². The number of benzene rings is 1. The summed E-state index contributed by atoms with van der Waals surface area (Å²) >= 11 is 0. The van der Waals surface area contributed by atoms with Crippen LogP contribution < -0.4 is 10.1 Å². The molecular weight excluding hydrogens is 318 g/mol. The van der Waals surface area contributed by atoms with Crippen molar-refractivity contribution in [3.05, 3.63) is 36.9 Å². The Morgan fingerprint density at radius 2 is 2.20 bits per heavy atom. The first-order valence-electron chi connectivity index (χ1n) is 8.82. The quantitative estimate of drug-likeness (QED) is 0.904. The zero-order valence-corrected chi connectivity index (χ0v) is 14.8. The van der Waals surface area contributed by atoms with Crippen LogP contribution in [0.15, 0.2) is 36.9 Å². The van der Waals surface area contributed by atoms with Crippen LogP contribution in [0.1, 0.15) is 39.2 Å². The van der Waals surface area contributed by atoms with E-state index in [9.17, 15) is 4.79 Å². The molecule has 1 aliphatic rings. The number of nitrogens with zero attached hydrogens (tertiary/aromatic N) is 4. The molecule has 1 N–H and O–H groups in total. The highest BCUT2D eigenvalue weighted by molar-refractivity contribution is 5.89. The molecule has 1 atom stereocenters. The van der Waals surface area contributed by atoms with E-state index in [1.54, 1.807) is 12.7 Å². The number of carbonyl (C=O) groups excluding carboxylic acids is 1. The molecule has 1 unspecified atom stereocenters. The van der Waals surface area contributed by atoms with E-state index in [1.807, 2.05) is 40.8 Å². The second kappa shape index (κ2) is 8.00. The molecule has 1 fully saturated rings. The molecule has 3 rings (SSSR count). The van der Waals surface area contributed by atoms with E-state index in [4.69, 9.17) is 4.74 Å². The molecule has 1 aromatic heterocycles. The van der Waals surface area contributed by atoms with Gasteiger partial charge in [0, 0.05) is 24.8 Å². The number of hydrogen-bond acceptors (Lipinski definition) is 4. The number of rotatable bonds is 5. The zero-order chi connectivity index (χ0) is 17.6. The maximum absolute atomic E-state index is 12.5. The Morgan fingerprint density at radius 3 is 2.88 bits per heavy atom. The van der Waals surface area contributed by atoms with Gasteiger partial charge < -0.3 is 15.0 Å². The lowest BCUT2D eigenvalue weighted by atomic mass is 10.1. The summed E-state index contributed by atoms with van der Waals surface area (Å²) in [5.41, 5.74) is 0.754. The number of amides is 2. The minimum absolute atomic E-state index is 0.0715. The third-order valence-corrected chi connectivity index (χ3v) is 4.56. The van der Waals surface area contributed by atoms with Crippen LogP contribution in [0.25, 0.3) is 0 Å². The van der Waals surface area contributed by atoms with Gasteiger partial charge in [0.1, 0.15) is 18.4 Å². The van der Waals surface area contributed by atoms with E-state index in [0.717, 1.165) is 30.7 Å². The van der Waals surface area contributed by atoms with Crippen LogP contribution in [0, 0.1) is 0 Å². The summed E-state index contributed by atoms with van der Waals surface area (Å²) in [6.45, 7) is 5.53. The summed E-state index contributed by atoms with van der Waals surface area (Å²) in [7, 11) is 0. The molecule has 7 nitrogen and oxygen atoms in total. The smallest absolute Gasteiger partial charge is 0.321 e. The van der Waals surface area contributed by atoms with E-state index >= 15 is 0 Å². The summed E-state index contributed by atoms with van der Waals surface area (Å²) in [4.78, 5) is 18.3. The molecule has 2 aromatic rings. The van der Waals surface area contributed by atoms with Crippen molar-refractivity contribution in [2.24, 2.45) is 0 Å². The Labute approximate surface area is 148 Å². The van der Waals surface area contributed by atoms with Crippen molar-refractivity contribution in [3.8, 4) is 5.75 Å². The molecule has 25 heavy (non-hydrogen) atoms. The molecule has 0 bridgehead atoms. The first-order valence-corrected chi connectivity index (χ1v) is 8.82. The van der Waals surface area contributed by atoms with Gasteiger partial charge in [-0.15, -0.1) is 0 Å². The van der Waals surface area contributed by atoms with Gasteiger partial charge in [-0.25, -0.2) is 14.5 Å². The number of likely N-dealkylation sites (tertiary alicyclic amines) is 1. The Kier molecular flexibility index (Phi) is 5.53. The molecule has 1 aliphatic heterocycles. The number of aromatic nitrogens is 3. The fraction of sp³-hybridized carbons (Fsp3) is 0.500. The van der Waals surface area contributed by atoms with Gasteiger partial charge in [-0.1, -0.05) is 13.0 Å². The van der Waals surface area contributed by atoms with Gasteiger partial charge in [0.05, 0.1) is 12.1 Å². The fourth-order valence-electron chi connectivity index (χ4n) is 2.90. The Hall–Kier alpha value is -2.57. The van der Waals surface area contributed by atoms with Crippen LogP contribution in [0.2, 0.25) is 0 Å². The first-order chi connectivity index (χ1) is 12.2. The molecule has 0 spiro atoms. The summed E-state index contributed by atoms with van der Waals surface area (Å²) < 4.78 is 7.69. The van der Waals surface area contributed by atoms with Gasteiger partial charge >= 0.3 is 6.03 Å². The molecule has 0 aliphatic carbocycles. The number of nitrogens with one attached hydrogen (secondary N) is 1. The van der Waals surface area contributed by atoms with E-state index in [0.29, 0.717) is 19.1 Å². The van der Waals surface area contributed by atoms with Crippen molar-refractivity contribution in [2.45, 2.75) is 45.3 Å². The lowest BCUT2D eigenvalue weighted by molar-refractivity contribution is 0.180. The van der Waals surface area contributed by atoms with Gasteiger partial charge in [0.2, 0.25) is 0 Å². The summed E-state index contributed by atoms with van der Waals surface area (Å²) in [6, 6.07) is 7.79. The largest absolute Gasteiger partial charge is 0.491 e. The van der Waals surface area contributed by atoms with E-state index < -0.39 is 0 Å². The minimum Gasteiger partial charge on any atom is -0.491 e. The average Bonchev–Trinajstić information content (AvgIpc) is 3.16. The van der Waals surface area contributed by atoms with Crippen molar-refractivity contribution in [1.29, 1.82) is 0 Å². The van der Waals surface area contributed by atoms with E-state index in [1.165, 1.54) is 0 Å². The Morgan fingerprint density at radius 1 is 1.40 bits per heavy atom. The normalized spacial score (nSPS) is 16.5. The summed E-state index contributed by atoms with van der Waals surface area (Å²) in [6.07, 6.45) is 6.15. The highest BCUT2D eigenvalue weighted by Crippen LogP contribution is 2.23. The van der Waals surface area contributed by atoms with Gasteiger partial charge in [0.15, 0.2) is 0 Å². The lowest BCUT2D eigenvalue weighted by Gasteiger charge is -2.31. The fourth-order valence-corrected chi connectivity index (χ4v) is 2.90. The van der Waals surface area contributed by atoms with Gasteiger partial charge in [-0.2, -0.15) is 5.10 Å². The predicted octanol–water partition coefficient (Wildman–Crippen LogP) is 3.32. The maximum Gasteiger partial charge on any atom is 0.321 e.